The molecule has 19 heavy (non-hydrogen) atoms. The Balaban J connectivity index is 2.90. The summed E-state index contributed by atoms with van der Waals surface area (Å²) >= 11 is 0. The molecule has 1 fully saturated rings. The number of carbonyl (C=O) groups excluding carboxylic acids is 2. The minimum atomic E-state index is -0.889. The highest BCUT2D eigenvalue weighted by molar-refractivity contribution is 5.82. The number of hydrogen-bond donors (Lipinski definition) is 0. The van der Waals surface area contributed by atoms with Crippen molar-refractivity contribution in [2.45, 2.75) is 58.9 Å². The molecule has 0 N–H and O–H groups in total. The van der Waals surface area contributed by atoms with Crippen molar-refractivity contribution in [3.63, 3.8) is 0 Å². The average molecular weight is 273 g/mol. The maximum Gasteiger partial charge on any atom is 0.413 e. The van der Waals surface area contributed by atoms with Gasteiger partial charge in [-0.15, -0.1) is 0 Å². The summed E-state index contributed by atoms with van der Waals surface area (Å²) in [5.74, 6) is -0.473. The van der Waals surface area contributed by atoms with Gasteiger partial charge in [0.1, 0.15) is 11.3 Å². The second-order valence-corrected chi connectivity index (χ2v) is 5.88. The summed E-state index contributed by atoms with van der Waals surface area (Å²) in [7, 11) is 0. The van der Waals surface area contributed by atoms with Crippen LogP contribution in [0.2, 0.25) is 0 Å². The van der Waals surface area contributed by atoms with Crippen molar-refractivity contribution in [3.05, 3.63) is 0 Å². The number of ether oxygens (including phenoxy) is 3. The van der Waals surface area contributed by atoms with Gasteiger partial charge in [0.05, 0.1) is 13.2 Å². The molecule has 0 saturated carbocycles. The number of esters is 1. The maximum absolute atomic E-state index is 12.2. The van der Waals surface area contributed by atoms with Crippen LogP contribution < -0.4 is 0 Å². The highest BCUT2D eigenvalue weighted by Gasteiger charge is 2.49. The van der Waals surface area contributed by atoms with Gasteiger partial charge in [0.15, 0.2) is 6.04 Å². The molecule has 6 nitrogen and oxygen atoms in total. The quantitative estimate of drug-likeness (QED) is 0.719. The molecule has 0 unspecified atom stereocenters. The smallest absolute Gasteiger partial charge is 0.413 e. The first-order valence-corrected chi connectivity index (χ1v) is 6.41. The second-order valence-electron chi connectivity index (χ2n) is 5.88. The zero-order valence-corrected chi connectivity index (χ0v) is 12.5. The van der Waals surface area contributed by atoms with Gasteiger partial charge in [-0.2, -0.15) is 0 Å². The largest absolute Gasteiger partial charge is 0.464 e. The molecule has 0 aromatic rings. The average Bonchev–Trinajstić information content (AvgIpc) is 2.51. The third-order valence-electron chi connectivity index (χ3n) is 2.64. The molecule has 6 heteroatoms. The Kier molecular flexibility index (Phi) is 4.45. The first-order chi connectivity index (χ1) is 8.58. The summed E-state index contributed by atoms with van der Waals surface area (Å²) in [5, 5.41) is 0. The number of nitrogens with zero attached hydrogens (tertiary/aromatic N) is 1. The van der Waals surface area contributed by atoms with Gasteiger partial charge in [-0.25, -0.2) is 9.59 Å². The van der Waals surface area contributed by atoms with Gasteiger partial charge in [0.2, 0.25) is 0 Å². The second kappa shape index (κ2) is 5.36. The van der Waals surface area contributed by atoms with Crippen LogP contribution in [-0.4, -0.2) is 47.5 Å². The standard InChI is InChI=1S/C13H23NO5/c1-7-17-10(15)9-8-18-13(5,6)14(9)11(16)19-12(2,3)4/h9H,7-8H2,1-6H3/t9-/m0/s1. The summed E-state index contributed by atoms with van der Waals surface area (Å²) < 4.78 is 15.8. The highest BCUT2D eigenvalue weighted by Crippen LogP contribution is 2.29. The fraction of sp³-hybridized carbons (Fsp3) is 0.846. The molecule has 110 valence electrons. The van der Waals surface area contributed by atoms with Crippen molar-refractivity contribution in [1.82, 2.24) is 4.90 Å². The van der Waals surface area contributed by atoms with Crippen LogP contribution in [-0.2, 0) is 19.0 Å². The van der Waals surface area contributed by atoms with Gasteiger partial charge >= 0.3 is 12.1 Å². The number of rotatable bonds is 2. The van der Waals surface area contributed by atoms with Crippen LogP contribution >= 0.6 is 0 Å². The molecule has 1 atom stereocenters. The van der Waals surface area contributed by atoms with Crippen molar-refractivity contribution in [1.29, 1.82) is 0 Å². The lowest BCUT2D eigenvalue weighted by molar-refractivity contribution is -0.149. The Labute approximate surface area is 114 Å². The maximum atomic E-state index is 12.2. The van der Waals surface area contributed by atoms with Gasteiger partial charge in [-0.1, -0.05) is 0 Å². The van der Waals surface area contributed by atoms with Crippen LogP contribution in [0.5, 0.6) is 0 Å². The zero-order valence-electron chi connectivity index (χ0n) is 12.5. The van der Waals surface area contributed by atoms with Crippen molar-refractivity contribution in [3.8, 4) is 0 Å². The van der Waals surface area contributed by atoms with Crippen molar-refractivity contribution < 1.29 is 23.8 Å². The Morgan fingerprint density at radius 1 is 1.37 bits per heavy atom. The van der Waals surface area contributed by atoms with E-state index in [1.807, 2.05) is 0 Å². The SMILES string of the molecule is CCOC(=O)[C@@H]1COC(C)(C)N1C(=O)OC(C)(C)C. The molecule has 0 radical (unpaired) electrons. The van der Waals surface area contributed by atoms with Gasteiger partial charge in [0.25, 0.3) is 0 Å². The van der Waals surface area contributed by atoms with Crippen LogP contribution in [0.1, 0.15) is 41.5 Å². The van der Waals surface area contributed by atoms with Gasteiger partial charge in [-0.05, 0) is 41.5 Å². The summed E-state index contributed by atoms with van der Waals surface area (Å²) in [4.78, 5) is 25.4. The van der Waals surface area contributed by atoms with E-state index in [4.69, 9.17) is 14.2 Å². The van der Waals surface area contributed by atoms with Crippen LogP contribution in [0, 0.1) is 0 Å². The third-order valence-corrected chi connectivity index (χ3v) is 2.64. The Hall–Kier alpha value is -1.30. The fourth-order valence-electron chi connectivity index (χ4n) is 1.87. The van der Waals surface area contributed by atoms with E-state index in [-0.39, 0.29) is 13.2 Å². The van der Waals surface area contributed by atoms with Crippen molar-refractivity contribution in [2.24, 2.45) is 0 Å². The van der Waals surface area contributed by atoms with Gasteiger partial charge in [0, 0.05) is 0 Å². The molecule has 1 rings (SSSR count). The number of amides is 1. The lowest BCUT2D eigenvalue weighted by atomic mass is 10.2. The third kappa shape index (κ3) is 3.83. The molecule has 1 heterocycles. The van der Waals surface area contributed by atoms with E-state index < -0.39 is 29.4 Å². The molecular weight excluding hydrogens is 250 g/mol. The van der Waals surface area contributed by atoms with Crippen molar-refractivity contribution in [2.75, 3.05) is 13.2 Å². The van der Waals surface area contributed by atoms with E-state index in [2.05, 4.69) is 0 Å². The van der Waals surface area contributed by atoms with Crippen LogP contribution in [0.15, 0.2) is 0 Å². The van der Waals surface area contributed by atoms with E-state index in [0.717, 1.165) is 0 Å². The molecule has 1 saturated heterocycles. The molecule has 1 amide bonds. The molecule has 0 aromatic heterocycles. The van der Waals surface area contributed by atoms with Crippen LogP contribution in [0.4, 0.5) is 4.79 Å². The predicted molar refractivity (Wildman–Crippen MR) is 68.5 cm³/mol. The Bertz CT molecular complexity index is 359. The molecule has 1 aliphatic heterocycles. The molecule has 0 aliphatic carbocycles. The number of hydrogen-bond acceptors (Lipinski definition) is 5. The summed E-state index contributed by atoms with van der Waals surface area (Å²) in [6.45, 7) is 10.8. The highest BCUT2D eigenvalue weighted by atomic mass is 16.6. The van der Waals surface area contributed by atoms with Gasteiger partial charge in [-0.3, -0.25) is 4.90 Å². The normalized spacial score (nSPS) is 22.2. The molecule has 0 bridgehead atoms. The monoisotopic (exact) mass is 273 g/mol. The van der Waals surface area contributed by atoms with Crippen LogP contribution in [0.25, 0.3) is 0 Å². The molecular formula is C13H23NO5. The fourth-order valence-corrected chi connectivity index (χ4v) is 1.87. The first kappa shape index (κ1) is 15.8. The van der Waals surface area contributed by atoms with Crippen molar-refractivity contribution >= 4 is 12.1 Å². The Morgan fingerprint density at radius 2 is 1.95 bits per heavy atom. The summed E-state index contributed by atoms with van der Waals surface area (Å²) in [5.41, 5.74) is -1.52. The lowest BCUT2D eigenvalue weighted by Gasteiger charge is -2.34. The minimum absolute atomic E-state index is 0.116. The van der Waals surface area contributed by atoms with E-state index in [0.29, 0.717) is 0 Å². The summed E-state index contributed by atoms with van der Waals surface area (Å²) in [6, 6.07) is -0.759. The lowest BCUT2D eigenvalue weighted by Crippen LogP contribution is -2.52. The van der Waals surface area contributed by atoms with E-state index >= 15 is 0 Å². The predicted octanol–water partition coefficient (Wildman–Crippen LogP) is 1.92. The first-order valence-electron chi connectivity index (χ1n) is 6.41. The van der Waals surface area contributed by atoms with E-state index in [1.165, 1.54) is 4.90 Å². The summed E-state index contributed by atoms with van der Waals surface area (Å²) in [6.07, 6.45) is -0.576. The minimum Gasteiger partial charge on any atom is -0.464 e. The number of carbonyl (C=O) groups is 2. The van der Waals surface area contributed by atoms with Gasteiger partial charge < -0.3 is 14.2 Å². The van der Waals surface area contributed by atoms with E-state index in [9.17, 15) is 9.59 Å². The zero-order chi connectivity index (χ0) is 14.8. The molecule has 1 aliphatic rings. The van der Waals surface area contributed by atoms with Crippen LogP contribution in [0.3, 0.4) is 0 Å². The molecule has 0 spiro atoms. The van der Waals surface area contributed by atoms with E-state index in [1.54, 1.807) is 41.5 Å². The Morgan fingerprint density at radius 3 is 2.42 bits per heavy atom. The topological polar surface area (TPSA) is 65.1 Å². The molecule has 0 aromatic carbocycles.